The molecule has 0 aliphatic rings. The molecule has 0 aliphatic heterocycles. The average molecular weight is 194 g/mol. The Balaban J connectivity index is 3.06. The molecule has 0 saturated heterocycles. The van der Waals surface area contributed by atoms with E-state index in [9.17, 15) is 0 Å². The van der Waals surface area contributed by atoms with Crippen LogP contribution in [-0.2, 0) is 9.47 Å². The van der Waals surface area contributed by atoms with Crippen LogP contribution in [0.4, 0.5) is 5.82 Å². The quantitative estimate of drug-likeness (QED) is 0.692. The standard InChI is InChI=1S/C8H10N4O2/c1-13-8(14-2)6-4-11-7(10)5(3-9)12-6/h4,8H,1-2H3,(H2,10,11). The third-order valence-electron chi connectivity index (χ3n) is 1.59. The zero-order valence-electron chi connectivity index (χ0n) is 7.89. The first-order valence-electron chi connectivity index (χ1n) is 3.81. The Bertz CT molecular complexity index is 357. The molecule has 0 unspecified atom stereocenters. The Kier molecular flexibility index (Phi) is 3.34. The molecule has 6 nitrogen and oxygen atoms in total. The van der Waals surface area contributed by atoms with Gasteiger partial charge in [-0.15, -0.1) is 0 Å². The normalized spacial score (nSPS) is 10.1. The molecule has 2 N–H and O–H groups in total. The lowest BCUT2D eigenvalue weighted by Crippen LogP contribution is -2.09. The summed E-state index contributed by atoms with van der Waals surface area (Å²) in [6.07, 6.45) is 0.781. The van der Waals surface area contributed by atoms with E-state index in [4.69, 9.17) is 20.5 Å². The molecule has 0 radical (unpaired) electrons. The van der Waals surface area contributed by atoms with E-state index in [1.807, 2.05) is 6.07 Å². The van der Waals surface area contributed by atoms with Crippen LogP contribution in [-0.4, -0.2) is 24.2 Å². The van der Waals surface area contributed by atoms with Gasteiger partial charge in [0.1, 0.15) is 11.8 Å². The van der Waals surface area contributed by atoms with Crippen molar-refractivity contribution in [1.82, 2.24) is 9.97 Å². The van der Waals surface area contributed by atoms with E-state index in [1.165, 1.54) is 20.4 Å². The highest BCUT2D eigenvalue weighted by Crippen LogP contribution is 2.15. The third-order valence-corrected chi connectivity index (χ3v) is 1.59. The van der Waals surface area contributed by atoms with Crippen molar-refractivity contribution in [3.63, 3.8) is 0 Å². The van der Waals surface area contributed by atoms with Crippen molar-refractivity contribution < 1.29 is 9.47 Å². The molecule has 1 aromatic rings. The van der Waals surface area contributed by atoms with Gasteiger partial charge in [0.2, 0.25) is 6.29 Å². The number of methoxy groups -OCH3 is 2. The van der Waals surface area contributed by atoms with E-state index in [1.54, 1.807) is 0 Å². The summed E-state index contributed by atoms with van der Waals surface area (Å²) in [7, 11) is 2.94. The van der Waals surface area contributed by atoms with Gasteiger partial charge in [-0.05, 0) is 0 Å². The van der Waals surface area contributed by atoms with Gasteiger partial charge in [0.05, 0.1) is 6.20 Å². The van der Waals surface area contributed by atoms with Gasteiger partial charge >= 0.3 is 0 Å². The highest BCUT2D eigenvalue weighted by atomic mass is 16.7. The van der Waals surface area contributed by atoms with Crippen molar-refractivity contribution in [1.29, 1.82) is 5.26 Å². The Hall–Kier alpha value is -1.71. The molecule has 1 aromatic heterocycles. The van der Waals surface area contributed by atoms with Gasteiger partial charge in [-0.1, -0.05) is 0 Å². The third kappa shape index (κ3) is 1.96. The molecule has 0 fully saturated rings. The Labute approximate surface area is 81.3 Å². The van der Waals surface area contributed by atoms with Gasteiger partial charge in [-0.25, -0.2) is 9.97 Å². The molecule has 74 valence electrons. The summed E-state index contributed by atoms with van der Waals surface area (Å²) in [5, 5.41) is 8.66. The first-order chi connectivity index (χ1) is 6.72. The van der Waals surface area contributed by atoms with Crippen LogP contribution in [0.5, 0.6) is 0 Å². The van der Waals surface area contributed by atoms with Crippen LogP contribution < -0.4 is 5.73 Å². The number of nitrogen functional groups attached to an aromatic ring is 1. The minimum Gasteiger partial charge on any atom is -0.381 e. The van der Waals surface area contributed by atoms with Gasteiger partial charge in [0.15, 0.2) is 11.5 Å². The topological polar surface area (TPSA) is 94.0 Å². The van der Waals surface area contributed by atoms with Crippen molar-refractivity contribution in [2.75, 3.05) is 20.0 Å². The van der Waals surface area contributed by atoms with Gasteiger partial charge in [0.25, 0.3) is 0 Å². The Morgan fingerprint density at radius 2 is 2.14 bits per heavy atom. The van der Waals surface area contributed by atoms with E-state index >= 15 is 0 Å². The van der Waals surface area contributed by atoms with Crippen molar-refractivity contribution >= 4 is 5.82 Å². The number of nitriles is 1. The summed E-state index contributed by atoms with van der Waals surface area (Å²) in [5.41, 5.74) is 5.89. The number of ether oxygens (including phenoxy) is 2. The second kappa shape index (κ2) is 4.50. The van der Waals surface area contributed by atoms with Crippen LogP contribution in [0.2, 0.25) is 0 Å². The van der Waals surface area contributed by atoms with E-state index in [0.29, 0.717) is 5.69 Å². The lowest BCUT2D eigenvalue weighted by Gasteiger charge is -2.12. The molecule has 0 aliphatic carbocycles. The molecule has 0 amide bonds. The minimum absolute atomic E-state index is 0.0709. The predicted molar refractivity (Wildman–Crippen MR) is 47.9 cm³/mol. The Morgan fingerprint density at radius 3 is 2.64 bits per heavy atom. The van der Waals surface area contributed by atoms with Crippen molar-refractivity contribution in [2.45, 2.75) is 6.29 Å². The van der Waals surface area contributed by atoms with Crippen LogP contribution in [0.3, 0.4) is 0 Å². The predicted octanol–water partition coefficient (Wildman–Crippen LogP) is 0.222. The van der Waals surface area contributed by atoms with Gasteiger partial charge in [-0.3, -0.25) is 0 Å². The highest BCUT2D eigenvalue weighted by molar-refractivity contribution is 5.42. The fraction of sp³-hybridized carbons (Fsp3) is 0.375. The van der Waals surface area contributed by atoms with Crippen molar-refractivity contribution in [3.8, 4) is 6.07 Å². The molecule has 0 aromatic carbocycles. The summed E-state index contributed by atoms with van der Waals surface area (Å²) < 4.78 is 9.90. The average Bonchev–Trinajstić information content (AvgIpc) is 2.22. The molecule has 14 heavy (non-hydrogen) atoms. The number of nitrogens with two attached hydrogens (primary N) is 1. The van der Waals surface area contributed by atoms with E-state index in [-0.39, 0.29) is 11.5 Å². The molecule has 1 rings (SSSR count). The zero-order chi connectivity index (χ0) is 10.6. The van der Waals surface area contributed by atoms with Gasteiger partial charge in [0, 0.05) is 14.2 Å². The van der Waals surface area contributed by atoms with E-state index in [0.717, 1.165) is 0 Å². The number of rotatable bonds is 3. The molecule has 0 bridgehead atoms. The monoisotopic (exact) mass is 194 g/mol. The maximum atomic E-state index is 8.66. The molecule has 1 heterocycles. The van der Waals surface area contributed by atoms with Crippen LogP contribution in [0.25, 0.3) is 0 Å². The fourth-order valence-corrected chi connectivity index (χ4v) is 0.946. The highest BCUT2D eigenvalue weighted by Gasteiger charge is 2.13. The second-order valence-electron chi connectivity index (χ2n) is 2.44. The van der Waals surface area contributed by atoms with Crippen molar-refractivity contribution in [3.05, 3.63) is 17.6 Å². The lowest BCUT2D eigenvalue weighted by atomic mass is 10.4. The van der Waals surface area contributed by atoms with Gasteiger partial charge < -0.3 is 15.2 Å². The van der Waals surface area contributed by atoms with Crippen LogP contribution in [0, 0.1) is 11.3 Å². The SMILES string of the molecule is COC(OC)c1cnc(N)c(C#N)n1. The van der Waals surface area contributed by atoms with E-state index < -0.39 is 6.29 Å². The van der Waals surface area contributed by atoms with Crippen LogP contribution in [0.15, 0.2) is 6.20 Å². The zero-order valence-corrected chi connectivity index (χ0v) is 7.89. The molecule has 6 heteroatoms. The number of hydrogen-bond donors (Lipinski definition) is 1. The molecule has 0 atom stereocenters. The Morgan fingerprint density at radius 1 is 1.50 bits per heavy atom. The first-order valence-corrected chi connectivity index (χ1v) is 3.81. The lowest BCUT2D eigenvalue weighted by molar-refractivity contribution is -0.108. The number of hydrogen-bond acceptors (Lipinski definition) is 6. The fourth-order valence-electron chi connectivity index (χ4n) is 0.946. The summed E-state index contributed by atoms with van der Waals surface area (Å²) in [4.78, 5) is 7.73. The molecule has 0 saturated carbocycles. The van der Waals surface area contributed by atoms with Crippen LogP contribution >= 0.6 is 0 Å². The molecule has 0 spiro atoms. The summed E-state index contributed by atoms with van der Waals surface area (Å²) >= 11 is 0. The number of anilines is 1. The maximum absolute atomic E-state index is 8.66. The van der Waals surface area contributed by atoms with Crippen molar-refractivity contribution in [2.24, 2.45) is 0 Å². The summed E-state index contributed by atoms with van der Waals surface area (Å²) in [6.45, 7) is 0. The number of aromatic nitrogens is 2. The van der Waals surface area contributed by atoms with Gasteiger partial charge in [-0.2, -0.15) is 5.26 Å². The molecular weight excluding hydrogens is 184 g/mol. The maximum Gasteiger partial charge on any atom is 0.202 e. The van der Waals surface area contributed by atoms with Crippen LogP contribution in [0.1, 0.15) is 17.7 Å². The summed E-state index contributed by atoms with van der Waals surface area (Å²) in [5.74, 6) is 0.0993. The first kappa shape index (κ1) is 10.4. The smallest absolute Gasteiger partial charge is 0.202 e. The minimum atomic E-state index is -0.629. The second-order valence-corrected chi connectivity index (χ2v) is 2.44. The number of nitrogens with zero attached hydrogens (tertiary/aromatic N) is 3. The largest absolute Gasteiger partial charge is 0.381 e. The van der Waals surface area contributed by atoms with E-state index in [2.05, 4.69) is 9.97 Å². The summed E-state index contributed by atoms with van der Waals surface area (Å²) in [6, 6.07) is 1.83. The molecular formula is C8H10N4O2.